The highest BCUT2D eigenvalue weighted by Crippen LogP contribution is 2.07. The molecule has 0 aliphatic carbocycles. The van der Waals surface area contributed by atoms with Crippen molar-refractivity contribution in [3.63, 3.8) is 0 Å². The zero-order valence-corrected chi connectivity index (χ0v) is 6.46. The van der Waals surface area contributed by atoms with E-state index in [4.69, 9.17) is 10.2 Å². The lowest BCUT2D eigenvalue weighted by Gasteiger charge is -1.97. The van der Waals surface area contributed by atoms with E-state index < -0.39 is 11.9 Å². The van der Waals surface area contributed by atoms with Crippen molar-refractivity contribution in [2.45, 2.75) is 6.92 Å². The predicted molar refractivity (Wildman–Crippen MR) is 40.5 cm³/mol. The van der Waals surface area contributed by atoms with Crippen molar-refractivity contribution < 1.29 is 14.0 Å². The number of primary amides is 1. The molecule has 3 amide bonds. The van der Waals surface area contributed by atoms with Gasteiger partial charge in [0.05, 0.1) is 11.8 Å². The summed E-state index contributed by atoms with van der Waals surface area (Å²) in [7, 11) is 0. The summed E-state index contributed by atoms with van der Waals surface area (Å²) in [5.74, 6) is -0.0949. The van der Waals surface area contributed by atoms with Crippen LogP contribution in [0.5, 0.6) is 0 Å². The molecule has 1 aromatic rings. The van der Waals surface area contributed by atoms with Gasteiger partial charge in [-0.25, -0.2) is 4.79 Å². The lowest BCUT2D eigenvalue weighted by molar-refractivity contribution is 0.0965. The minimum absolute atomic E-state index is 0.314. The van der Waals surface area contributed by atoms with Gasteiger partial charge >= 0.3 is 6.03 Å². The number of aryl methyl sites for hydroxylation is 1. The fourth-order valence-electron chi connectivity index (χ4n) is 0.800. The van der Waals surface area contributed by atoms with Gasteiger partial charge in [0.2, 0.25) is 0 Å². The Labute approximate surface area is 68.5 Å². The third-order valence-corrected chi connectivity index (χ3v) is 1.34. The van der Waals surface area contributed by atoms with Crippen molar-refractivity contribution in [2.24, 2.45) is 5.73 Å². The van der Waals surface area contributed by atoms with Gasteiger partial charge in [-0.2, -0.15) is 0 Å². The largest absolute Gasteiger partial charge is 0.469 e. The van der Waals surface area contributed by atoms with Gasteiger partial charge in [0.15, 0.2) is 0 Å². The van der Waals surface area contributed by atoms with Gasteiger partial charge in [0, 0.05) is 0 Å². The molecule has 0 aliphatic heterocycles. The first-order chi connectivity index (χ1) is 5.61. The molecule has 0 atom stereocenters. The Morgan fingerprint density at radius 2 is 2.25 bits per heavy atom. The topological polar surface area (TPSA) is 85.3 Å². The number of hydrogen-bond acceptors (Lipinski definition) is 3. The summed E-state index contributed by atoms with van der Waals surface area (Å²) in [6, 6.07) is 0.591. The zero-order chi connectivity index (χ0) is 9.14. The van der Waals surface area contributed by atoms with Crippen molar-refractivity contribution in [2.75, 3.05) is 0 Å². The zero-order valence-electron chi connectivity index (χ0n) is 6.46. The number of rotatable bonds is 1. The van der Waals surface area contributed by atoms with Crippen molar-refractivity contribution >= 4 is 11.9 Å². The van der Waals surface area contributed by atoms with Crippen molar-refractivity contribution in [3.8, 4) is 0 Å². The van der Waals surface area contributed by atoms with Gasteiger partial charge in [0.25, 0.3) is 5.91 Å². The van der Waals surface area contributed by atoms with Crippen LogP contribution in [0.4, 0.5) is 4.79 Å². The predicted octanol–water partition coefficient (Wildman–Crippen LogP) is 0.397. The maximum Gasteiger partial charge on any atom is 0.319 e. The van der Waals surface area contributed by atoms with Crippen LogP contribution in [0.1, 0.15) is 16.1 Å². The number of urea groups is 1. The Morgan fingerprint density at radius 1 is 1.58 bits per heavy atom. The van der Waals surface area contributed by atoms with E-state index in [0.29, 0.717) is 11.3 Å². The summed E-state index contributed by atoms with van der Waals surface area (Å²) in [5, 5.41) is 1.93. The molecule has 0 spiro atoms. The highest BCUT2D eigenvalue weighted by atomic mass is 16.3. The maximum atomic E-state index is 11.1. The molecule has 5 heteroatoms. The molecule has 0 bridgehead atoms. The lowest BCUT2D eigenvalue weighted by atomic mass is 10.2. The summed E-state index contributed by atoms with van der Waals surface area (Å²) in [5.41, 5.74) is 5.06. The Balaban J connectivity index is 2.78. The van der Waals surface area contributed by atoms with Crippen LogP contribution in [-0.2, 0) is 0 Å². The molecule has 0 aliphatic rings. The molecule has 1 heterocycles. The van der Waals surface area contributed by atoms with Gasteiger partial charge in [-0.1, -0.05) is 0 Å². The number of nitrogens with two attached hydrogens (primary N) is 1. The van der Waals surface area contributed by atoms with Crippen molar-refractivity contribution in [3.05, 3.63) is 23.7 Å². The van der Waals surface area contributed by atoms with Gasteiger partial charge in [-0.15, -0.1) is 0 Å². The Morgan fingerprint density at radius 3 is 2.67 bits per heavy atom. The van der Waals surface area contributed by atoms with E-state index in [9.17, 15) is 9.59 Å². The molecular formula is C7H8N2O3. The Hall–Kier alpha value is -1.78. The number of hydrogen-bond donors (Lipinski definition) is 2. The van der Waals surface area contributed by atoms with E-state index in [1.54, 1.807) is 6.92 Å². The standard InChI is InChI=1S/C7H8N2O3/c1-4-5(2-3-12-4)6(10)9-7(8)11/h2-3H,1H3,(H3,8,9,10,11). The fraction of sp³-hybridized carbons (Fsp3) is 0.143. The molecular weight excluding hydrogens is 160 g/mol. The summed E-state index contributed by atoms with van der Waals surface area (Å²) >= 11 is 0. The molecule has 64 valence electrons. The molecule has 3 N–H and O–H groups in total. The highest BCUT2D eigenvalue weighted by Gasteiger charge is 2.11. The Kier molecular flexibility index (Phi) is 2.14. The van der Waals surface area contributed by atoms with E-state index in [2.05, 4.69) is 0 Å². The van der Waals surface area contributed by atoms with Crippen LogP contribution in [-0.4, -0.2) is 11.9 Å². The monoisotopic (exact) mass is 168 g/mol. The third-order valence-electron chi connectivity index (χ3n) is 1.34. The first kappa shape index (κ1) is 8.32. The lowest BCUT2D eigenvalue weighted by Crippen LogP contribution is -2.35. The average Bonchev–Trinajstić information content (AvgIpc) is 2.33. The van der Waals surface area contributed by atoms with Gasteiger partial charge in [-0.05, 0) is 13.0 Å². The fourth-order valence-corrected chi connectivity index (χ4v) is 0.800. The molecule has 5 nitrogen and oxygen atoms in total. The first-order valence-electron chi connectivity index (χ1n) is 3.26. The van der Waals surface area contributed by atoms with E-state index in [1.165, 1.54) is 12.3 Å². The SMILES string of the molecule is Cc1occc1C(=O)NC(N)=O. The van der Waals surface area contributed by atoms with Crippen LogP contribution in [0.15, 0.2) is 16.7 Å². The molecule has 0 fully saturated rings. The van der Waals surface area contributed by atoms with Gasteiger partial charge in [0.1, 0.15) is 5.76 Å². The maximum absolute atomic E-state index is 11.1. The molecule has 0 saturated carbocycles. The number of nitrogens with one attached hydrogen (secondary N) is 1. The second-order valence-corrected chi connectivity index (χ2v) is 2.21. The highest BCUT2D eigenvalue weighted by molar-refractivity contribution is 6.04. The van der Waals surface area contributed by atoms with E-state index in [-0.39, 0.29) is 0 Å². The number of imide groups is 1. The summed E-state index contributed by atoms with van der Waals surface area (Å²) in [4.78, 5) is 21.3. The van der Waals surface area contributed by atoms with Gasteiger partial charge in [-0.3, -0.25) is 10.1 Å². The number of amides is 3. The first-order valence-corrected chi connectivity index (χ1v) is 3.26. The van der Waals surface area contributed by atoms with Crippen LogP contribution in [0.3, 0.4) is 0 Å². The third kappa shape index (κ3) is 1.63. The number of furan rings is 1. The molecule has 0 aromatic carbocycles. The van der Waals surface area contributed by atoms with Gasteiger partial charge < -0.3 is 10.2 Å². The van der Waals surface area contributed by atoms with Crippen LogP contribution < -0.4 is 11.1 Å². The second-order valence-electron chi connectivity index (χ2n) is 2.21. The number of carbonyl (C=O) groups excluding carboxylic acids is 2. The average molecular weight is 168 g/mol. The minimum Gasteiger partial charge on any atom is -0.469 e. The minimum atomic E-state index is -0.874. The van der Waals surface area contributed by atoms with Crippen LogP contribution in [0, 0.1) is 6.92 Å². The molecule has 1 rings (SSSR count). The molecule has 0 saturated heterocycles. The molecule has 0 radical (unpaired) electrons. The summed E-state index contributed by atoms with van der Waals surface area (Å²) < 4.78 is 4.85. The normalized spacial score (nSPS) is 9.42. The Bertz CT molecular complexity index is 316. The smallest absolute Gasteiger partial charge is 0.319 e. The summed E-state index contributed by atoms with van der Waals surface area (Å²) in [6.07, 6.45) is 1.37. The van der Waals surface area contributed by atoms with E-state index in [0.717, 1.165) is 0 Å². The second kappa shape index (κ2) is 3.08. The van der Waals surface area contributed by atoms with Crippen LogP contribution in [0.25, 0.3) is 0 Å². The van der Waals surface area contributed by atoms with E-state index in [1.807, 2.05) is 5.32 Å². The van der Waals surface area contributed by atoms with Crippen molar-refractivity contribution in [1.29, 1.82) is 0 Å². The molecule has 1 aromatic heterocycles. The quantitative estimate of drug-likeness (QED) is 0.636. The van der Waals surface area contributed by atoms with Crippen molar-refractivity contribution in [1.82, 2.24) is 5.32 Å². The van der Waals surface area contributed by atoms with E-state index >= 15 is 0 Å². The number of carbonyl (C=O) groups is 2. The molecule has 0 unspecified atom stereocenters. The van der Waals surface area contributed by atoms with Crippen LogP contribution in [0.2, 0.25) is 0 Å². The molecule has 12 heavy (non-hydrogen) atoms. The van der Waals surface area contributed by atoms with Crippen LogP contribution >= 0.6 is 0 Å². The summed E-state index contributed by atoms with van der Waals surface area (Å²) in [6.45, 7) is 1.62.